The summed E-state index contributed by atoms with van der Waals surface area (Å²) in [5.41, 5.74) is 8.09. The van der Waals surface area contributed by atoms with Crippen LogP contribution >= 0.6 is 0 Å². The first kappa shape index (κ1) is 22.5. The molecule has 37 heavy (non-hydrogen) atoms. The Labute approximate surface area is 213 Å². The Kier molecular flexibility index (Phi) is 5.85. The van der Waals surface area contributed by atoms with Crippen molar-refractivity contribution in [3.05, 3.63) is 108 Å². The first-order valence-electron chi connectivity index (χ1n) is 12.0. The number of hydrogen-bond acceptors (Lipinski definition) is 6. The molecule has 0 fully saturated rings. The summed E-state index contributed by atoms with van der Waals surface area (Å²) in [6.45, 7) is 3.57. The van der Waals surface area contributed by atoms with Gasteiger partial charge in [-0.25, -0.2) is 0 Å². The van der Waals surface area contributed by atoms with E-state index in [1.165, 1.54) is 5.56 Å². The molecule has 0 saturated heterocycles. The third-order valence-corrected chi connectivity index (χ3v) is 6.58. The number of anilines is 2. The second-order valence-corrected chi connectivity index (χ2v) is 8.97. The zero-order chi connectivity index (χ0) is 25.2. The van der Waals surface area contributed by atoms with Crippen molar-refractivity contribution >= 4 is 33.2 Å². The van der Waals surface area contributed by atoms with Gasteiger partial charge < -0.3 is 20.0 Å². The van der Waals surface area contributed by atoms with E-state index < -0.39 is 0 Å². The monoisotopic (exact) mass is 484 g/mol. The van der Waals surface area contributed by atoms with Crippen molar-refractivity contribution in [1.29, 1.82) is 5.26 Å². The van der Waals surface area contributed by atoms with E-state index in [4.69, 9.17) is 4.42 Å². The van der Waals surface area contributed by atoms with Crippen LogP contribution in [0.25, 0.3) is 33.2 Å². The average Bonchev–Trinajstić information content (AvgIpc) is 3.58. The van der Waals surface area contributed by atoms with Crippen LogP contribution in [0.15, 0.2) is 90.0 Å². The maximum Gasteiger partial charge on any atom is 0.139 e. The molecule has 0 bridgehead atoms. The van der Waals surface area contributed by atoms with Gasteiger partial charge in [-0.05, 0) is 72.1 Å². The number of rotatable bonds is 7. The number of aryl methyl sites for hydroxylation is 1. The van der Waals surface area contributed by atoms with E-state index in [9.17, 15) is 5.26 Å². The number of nitrogens with zero attached hydrogens (tertiary/aromatic N) is 3. The molecule has 180 valence electrons. The van der Waals surface area contributed by atoms with E-state index in [1.807, 2.05) is 42.6 Å². The molecule has 0 amide bonds. The van der Waals surface area contributed by atoms with Crippen molar-refractivity contribution in [2.75, 3.05) is 5.32 Å². The number of hydrogen-bond donors (Lipinski definition) is 3. The quantitative estimate of drug-likeness (QED) is 0.236. The highest BCUT2D eigenvalue weighted by Gasteiger charge is 2.17. The van der Waals surface area contributed by atoms with Crippen molar-refractivity contribution in [2.45, 2.75) is 20.0 Å². The van der Waals surface area contributed by atoms with E-state index in [-0.39, 0.29) is 0 Å². The number of nitrogens with one attached hydrogen (secondary N) is 3. The highest BCUT2D eigenvalue weighted by Crippen LogP contribution is 2.37. The van der Waals surface area contributed by atoms with Crippen LogP contribution in [0.2, 0.25) is 0 Å². The lowest BCUT2D eigenvalue weighted by Crippen LogP contribution is -2.12. The van der Waals surface area contributed by atoms with Crippen molar-refractivity contribution in [1.82, 2.24) is 20.3 Å². The summed E-state index contributed by atoms with van der Waals surface area (Å²) in [6, 6.07) is 20.6. The normalized spacial score (nSPS) is 11.1. The number of H-pyrrole nitrogens is 1. The summed E-state index contributed by atoms with van der Waals surface area (Å²) in [5.74, 6) is 0.657. The van der Waals surface area contributed by atoms with Crippen LogP contribution in [0.1, 0.15) is 22.3 Å². The molecular formula is C30H24N6O. The fourth-order valence-corrected chi connectivity index (χ4v) is 4.61. The minimum Gasteiger partial charge on any atom is -0.456 e. The van der Waals surface area contributed by atoms with Gasteiger partial charge in [-0.1, -0.05) is 6.07 Å². The molecule has 0 aliphatic carbocycles. The topological polar surface area (TPSA) is 103 Å². The van der Waals surface area contributed by atoms with Crippen molar-refractivity contribution in [3.63, 3.8) is 0 Å². The lowest BCUT2D eigenvalue weighted by Gasteiger charge is -2.14. The fourth-order valence-electron chi connectivity index (χ4n) is 4.61. The second-order valence-electron chi connectivity index (χ2n) is 8.97. The molecule has 0 radical (unpaired) electrons. The first-order valence-corrected chi connectivity index (χ1v) is 12.0. The lowest BCUT2D eigenvalue weighted by molar-refractivity contribution is 0.631. The Balaban J connectivity index is 1.31. The smallest absolute Gasteiger partial charge is 0.139 e. The van der Waals surface area contributed by atoms with Gasteiger partial charge in [0.1, 0.15) is 17.4 Å². The molecule has 0 unspecified atom stereocenters. The van der Waals surface area contributed by atoms with Gasteiger partial charge in [0, 0.05) is 66.1 Å². The van der Waals surface area contributed by atoms with Gasteiger partial charge >= 0.3 is 0 Å². The molecule has 0 atom stereocenters. The maximum atomic E-state index is 9.84. The van der Waals surface area contributed by atoms with Crippen LogP contribution in [0.3, 0.4) is 0 Å². The SMILES string of the molecule is Cc1c(Nc2c(C#N)cncc2-c2cc3cc(CNCc4ccncc4)ccc3o2)ccc2[nH]ccc12. The first-order chi connectivity index (χ1) is 18.2. The van der Waals surface area contributed by atoms with E-state index in [2.05, 4.69) is 56.8 Å². The van der Waals surface area contributed by atoms with Crippen LogP contribution < -0.4 is 10.6 Å². The summed E-state index contributed by atoms with van der Waals surface area (Å²) in [7, 11) is 0. The van der Waals surface area contributed by atoms with Crippen molar-refractivity contribution < 1.29 is 4.42 Å². The Bertz CT molecular complexity index is 1760. The number of pyridine rings is 2. The number of fused-ring (bicyclic) bond motifs is 2. The van der Waals surface area contributed by atoms with Gasteiger partial charge in [0.2, 0.25) is 0 Å². The molecule has 0 aliphatic rings. The molecule has 7 nitrogen and oxygen atoms in total. The summed E-state index contributed by atoms with van der Waals surface area (Å²) < 4.78 is 6.23. The van der Waals surface area contributed by atoms with E-state index >= 15 is 0 Å². The predicted octanol–water partition coefficient (Wildman–Crippen LogP) is 6.58. The Hall–Kier alpha value is -4.93. The summed E-state index contributed by atoms with van der Waals surface area (Å²) >= 11 is 0. The van der Waals surface area contributed by atoms with Gasteiger partial charge in [0.25, 0.3) is 0 Å². The minimum atomic E-state index is 0.451. The summed E-state index contributed by atoms with van der Waals surface area (Å²) in [4.78, 5) is 11.6. The highest BCUT2D eigenvalue weighted by molar-refractivity contribution is 5.92. The van der Waals surface area contributed by atoms with Gasteiger partial charge in [0.15, 0.2) is 0 Å². The van der Waals surface area contributed by atoms with Gasteiger partial charge in [-0.15, -0.1) is 0 Å². The largest absolute Gasteiger partial charge is 0.456 e. The highest BCUT2D eigenvalue weighted by atomic mass is 16.3. The fraction of sp³-hybridized carbons (Fsp3) is 0.100. The molecule has 6 rings (SSSR count). The molecule has 7 heteroatoms. The third kappa shape index (κ3) is 4.42. The van der Waals surface area contributed by atoms with Gasteiger partial charge in [-0.3, -0.25) is 9.97 Å². The molecule has 0 spiro atoms. The molecular weight excluding hydrogens is 460 g/mol. The van der Waals surface area contributed by atoms with Crippen LogP contribution in [0.4, 0.5) is 11.4 Å². The number of nitriles is 1. The van der Waals surface area contributed by atoms with Gasteiger partial charge in [0.05, 0.1) is 16.8 Å². The zero-order valence-electron chi connectivity index (χ0n) is 20.2. The molecule has 0 saturated carbocycles. The molecule has 4 heterocycles. The lowest BCUT2D eigenvalue weighted by atomic mass is 10.1. The van der Waals surface area contributed by atoms with Crippen molar-refractivity contribution in [2.24, 2.45) is 0 Å². The standard InChI is InChI=1S/C30H24N6O/c1-19-24-8-11-35-27(24)4-3-26(19)36-30-23(14-31)17-34-18-25(30)29-13-22-12-21(2-5-28(22)37-29)16-33-15-20-6-9-32-10-7-20/h2-13,17-18,33,35H,15-16H2,1H3,(H,34,36). The molecule has 2 aromatic carbocycles. The summed E-state index contributed by atoms with van der Waals surface area (Å²) in [6.07, 6.45) is 8.84. The molecule has 3 N–H and O–H groups in total. The van der Waals surface area contributed by atoms with Gasteiger partial charge in [-0.2, -0.15) is 5.26 Å². The Morgan fingerprint density at radius 3 is 2.68 bits per heavy atom. The predicted molar refractivity (Wildman–Crippen MR) is 145 cm³/mol. The third-order valence-electron chi connectivity index (χ3n) is 6.58. The van der Waals surface area contributed by atoms with Crippen LogP contribution in [-0.4, -0.2) is 15.0 Å². The summed E-state index contributed by atoms with van der Waals surface area (Å²) in [5, 5.41) is 18.9. The number of furan rings is 1. The van der Waals surface area contributed by atoms with E-state index in [1.54, 1.807) is 24.8 Å². The maximum absolute atomic E-state index is 9.84. The molecule has 0 aliphatic heterocycles. The Morgan fingerprint density at radius 1 is 0.946 bits per heavy atom. The number of aromatic amines is 1. The second kappa shape index (κ2) is 9.61. The van der Waals surface area contributed by atoms with Crippen LogP contribution in [0.5, 0.6) is 0 Å². The van der Waals surface area contributed by atoms with Crippen molar-refractivity contribution in [3.8, 4) is 17.4 Å². The Morgan fingerprint density at radius 2 is 1.81 bits per heavy atom. The van der Waals surface area contributed by atoms with Crippen LogP contribution in [0, 0.1) is 18.3 Å². The van der Waals surface area contributed by atoms with E-state index in [0.717, 1.165) is 57.3 Å². The number of aromatic nitrogens is 3. The average molecular weight is 485 g/mol. The zero-order valence-corrected chi connectivity index (χ0v) is 20.2. The van der Waals surface area contributed by atoms with E-state index in [0.29, 0.717) is 17.0 Å². The minimum absolute atomic E-state index is 0.451. The van der Waals surface area contributed by atoms with Crippen LogP contribution in [-0.2, 0) is 13.1 Å². The number of benzene rings is 2. The molecule has 4 aromatic heterocycles. The molecule has 6 aromatic rings.